The second-order valence-electron chi connectivity index (χ2n) is 6.08. The minimum Gasteiger partial charge on any atom is -0.481 e. The van der Waals surface area contributed by atoms with Crippen molar-refractivity contribution in [1.82, 2.24) is 9.03 Å². The maximum Gasteiger partial charge on any atom is 0.306 e. The molecule has 1 heterocycles. The summed E-state index contributed by atoms with van der Waals surface area (Å²) in [7, 11) is -1.86. The fraction of sp³-hybridized carbons (Fsp3) is 0.923. The molecule has 1 saturated carbocycles. The first-order valence-electron chi connectivity index (χ1n) is 7.35. The summed E-state index contributed by atoms with van der Waals surface area (Å²) in [5, 5.41) is 8.93. The number of nitrogens with one attached hydrogen (secondary N) is 1. The van der Waals surface area contributed by atoms with Crippen LogP contribution >= 0.6 is 0 Å². The quantitative estimate of drug-likeness (QED) is 0.676. The number of carboxylic acid groups (broad SMARTS) is 1. The van der Waals surface area contributed by atoms with E-state index in [1.807, 2.05) is 0 Å². The van der Waals surface area contributed by atoms with Crippen LogP contribution < -0.4 is 4.72 Å². The molecule has 0 atom stereocenters. The third-order valence-electron chi connectivity index (χ3n) is 4.57. The Morgan fingerprint density at radius 1 is 1.38 bits per heavy atom. The van der Waals surface area contributed by atoms with Crippen LogP contribution in [0.3, 0.4) is 0 Å². The molecule has 0 aromatic carbocycles. The van der Waals surface area contributed by atoms with Gasteiger partial charge in [-0.05, 0) is 37.5 Å². The Hall–Kier alpha value is -0.700. The lowest BCUT2D eigenvalue weighted by molar-refractivity contribution is -0.142. The highest BCUT2D eigenvalue weighted by Gasteiger charge is 2.43. The maximum atomic E-state index is 12.2. The van der Waals surface area contributed by atoms with Gasteiger partial charge in [-0.1, -0.05) is 0 Å². The number of carboxylic acids is 1. The number of hydrogen-bond acceptors (Lipinski definition) is 4. The zero-order valence-corrected chi connectivity index (χ0v) is 13.2. The van der Waals surface area contributed by atoms with E-state index >= 15 is 0 Å². The van der Waals surface area contributed by atoms with Gasteiger partial charge in [0, 0.05) is 33.4 Å². The number of rotatable bonds is 8. The van der Waals surface area contributed by atoms with Gasteiger partial charge in [0.15, 0.2) is 0 Å². The number of hydrogen-bond donors (Lipinski definition) is 2. The van der Waals surface area contributed by atoms with Crippen molar-refractivity contribution >= 4 is 16.2 Å². The maximum absolute atomic E-state index is 12.2. The van der Waals surface area contributed by atoms with Crippen LogP contribution in [0.5, 0.6) is 0 Å². The molecular formula is C13H24N2O5S. The minimum atomic E-state index is -3.50. The van der Waals surface area contributed by atoms with Gasteiger partial charge in [-0.2, -0.15) is 12.7 Å². The van der Waals surface area contributed by atoms with Crippen LogP contribution in [-0.4, -0.2) is 57.1 Å². The summed E-state index contributed by atoms with van der Waals surface area (Å²) in [6, 6.07) is 0. The van der Waals surface area contributed by atoms with E-state index in [0.29, 0.717) is 26.0 Å². The molecule has 8 heteroatoms. The normalized spacial score (nSPS) is 23.1. The second-order valence-corrected chi connectivity index (χ2v) is 7.84. The van der Waals surface area contributed by atoms with E-state index in [-0.39, 0.29) is 18.5 Å². The fourth-order valence-electron chi connectivity index (χ4n) is 2.69. The lowest BCUT2D eigenvalue weighted by Gasteiger charge is -2.30. The first-order chi connectivity index (χ1) is 9.88. The number of ether oxygens (including phenoxy) is 1. The molecule has 2 fully saturated rings. The largest absolute Gasteiger partial charge is 0.481 e. The SMILES string of the molecule is COCCC1(CNS(=O)(=O)N2CCC(C(=O)O)CC2)CC1. The van der Waals surface area contributed by atoms with E-state index in [0.717, 1.165) is 19.3 Å². The van der Waals surface area contributed by atoms with E-state index in [9.17, 15) is 13.2 Å². The standard InChI is InChI=1S/C13H24N2O5S/c1-20-9-6-13(4-5-13)10-14-21(18,19)15-7-2-11(3-8-15)12(16)17/h11,14H,2-10H2,1H3,(H,16,17). The second kappa shape index (κ2) is 6.60. The predicted molar refractivity (Wildman–Crippen MR) is 77.0 cm³/mol. The first kappa shape index (κ1) is 16.7. The Morgan fingerprint density at radius 2 is 2.00 bits per heavy atom. The van der Waals surface area contributed by atoms with Crippen molar-refractivity contribution in [3.8, 4) is 0 Å². The molecule has 2 aliphatic rings. The molecule has 0 radical (unpaired) electrons. The number of aliphatic carboxylic acids is 1. The summed E-state index contributed by atoms with van der Waals surface area (Å²) >= 11 is 0. The first-order valence-corrected chi connectivity index (χ1v) is 8.79. The average Bonchev–Trinajstić information content (AvgIpc) is 3.24. The molecule has 122 valence electrons. The van der Waals surface area contributed by atoms with E-state index in [1.54, 1.807) is 7.11 Å². The summed E-state index contributed by atoms with van der Waals surface area (Å²) in [6.45, 7) is 1.64. The van der Waals surface area contributed by atoms with Gasteiger partial charge in [0.25, 0.3) is 10.2 Å². The molecule has 1 saturated heterocycles. The van der Waals surface area contributed by atoms with Crippen molar-refractivity contribution < 1.29 is 23.1 Å². The molecule has 1 aliphatic carbocycles. The summed E-state index contributed by atoms with van der Waals surface area (Å²) in [6.07, 6.45) is 3.68. The fourth-order valence-corrected chi connectivity index (χ4v) is 4.05. The monoisotopic (exact) mass is 320 g/mol. The van der Waals surface area contributed by atoms with Gasteiger partial charge < -0.3 is 9.84 Å². The number of methoxy groups -OCH3 is 1. The average molecular weight is 320 g/mol. The molecule has 0 amide bonds. The van der Waals surface area contributed by atoms with Crippen molar-refractivity contribution in [3.05, 3.63) is 0 Å². The molecule has 2 N–H and O–H groups in total. The number of piperidine rings is 1. The van der Waals surface area contributed by atoms with Crippen LogP contribution in [0.2, 0.25) is 0 Å². The smallest absolute Gasteiger partial charge is 0.306 e. The molecule has 1 aliphatic heterocycles. The highest BCUT2D eigenvalue weighted by molar-refractivity contribution is 7.87. The molecule has 0 bridgehead atoms. The van der Waals surface area contributed by atoms with Crippen LogP contribution in [0, 0.1) is 11.3 Å². The predicted octanol–water partition coefficient (Wildman–Crippen LogP) is 0.434. The molecule has 2 rings (SSSR count). The Labute approximate surface area is 125 Å². The molecule has 0 unspecified atom stereocenters. The zero-order valence-electron chi connectivity index (χ0n) is 12.4. The van der Waals surface area contributed by atoms with Gasteiger partial charge >= 0.3 is 5.97 Å². The van der Waals surface area contributed by atoms with Gasteiger partial charge in [-0.15, -0.1) is 0 Å². The van der Waals surface area contributed by atoms with Crippen molar-refractivity contribution in [1.29, 1.82) is 0 Å². The van der Waals surface area contributed by atoms with Crippen molar-refractivity contribution in [2.75, 3.05) is 33.4 Å². The van der Waals surface area contributed by atoms with E-state index in [1.165, 1.54) is 4.31 Å². The van der Waals surface area contributed by atoms with Crippen molar-refractivity contribution in [3.63, 3.8) is 0 Å². The topological polar surface area (TPSA) is 95.9 Å². The lowest BCUT2D eigenvalue weighted by atomic mass is 9.99. The van der Waals surface area contributed by atoms with Gasteiger partial charge in [-0.3, -0.25) is 4.79 Å². The van der Waals surface area contributed by atoms with E-state index in [4.69, 9.17) is 9.84 Å². The van der Waals surface area contributed by atoms with Crippen LogP contribution in [0.25, 0.3) is 0 Å². The van der Waals surface area contributed by atoms with Gasteiger partial charge in [0.05, 0.1) is 5.92 Å². The highest BCUT2D eigenvalue weighted by Crippen LogP contribution is 2.48. The summed E-state index contributed by atoms with van der Waals surface area (Å²) < 4.78 is 33.6. The molecule has 7 nitrogen and oxygen atoms in total. The molecule has 0 aromatic rings. The Morgan fingerprint density at radius 3 is 2.48 bits per heavy atom. The molecule has 0 spiro atoms. The highest BCUT2D eigenvalue weighted by atomic mass is 32.2. The summed E-state index contributed by atoms with van der Waals surface area (Å²) in [4.78, 5) is 10.9. The Bertz CT molecular complexity index is 467. The van der Waals surface area contributed by atoms with Crippen molar-refractivity contribution in [2.45, 2.75) is 32.1 Å². The van der Waals surface area contributed by atoms with E-state index < -0.39 is 22.1 Å². The summed E-state index contributed by atoms with van der Waals surface area (Å²) in [5.41, 5.74) is 0.0580. The van der Waals surface area contributed by atoms with Crippen LogP contribution in [0.15, 0.2) is 0 Å². The third-order valence-corrected chi connectivity index (χ3v) is 6.12. The molecular weight excluding hydrogens is 296 g/mol. The Balaban J connectivity index is 1.81. The molecule has 0 aromatic heterocycles. The van der Waals surface area contributed by atoms with E-state index in [2.05, 4.69) is 4.72 Å². The van der Waals surface area contributed by atoms with Crippen molar-refractivity contribution in [2.24, 2.45) is 11.3 Å². The summed E-state index contributed by atoms with van der Waals surface area (Å²) in [5.74, 6) is -1.26. The number of carbonyl (C=O) groups is 1. The lowest BCUT2D eigenvalue weighted by Crippen LogP contribution is -2.47. The van der Waals surface area contributed by atoms with Gasteiger partial charge in [0.1, 0.15) is 0 Å². The Kier molecular flexibility index (Phi) is 5.24. The van der Waals surface area contributed by atoms with Crippen LogP contribution in [0.1, 0.15) is 32.1 Å². The van der Waals surface area contributed by atoms with Gasteiger partial charge in [-0.25, -0.2) is 4.72 Å². The van der Waals surface area contributed by atoms with Crippen LogP contribution in [-0.2, 0) is 19.7 Å². The third kappa shape index (κ3) is 4.38. The number of nitrogens with zero attached hydrogens (tertiary/aromatic N) is 1. The van der Waals surface area contributed by atoms with Gasteiger partial charge in [0.2, 0.25) is 0 Å². The zero-order chi connectivity index (χ0) is 15.5. The van der Waals surface area contributed by atoms with Crippen LogP contribution in [0.4, 0.5) is 0 Å². The molecule has 21 heavy (non-hydrogen) atoms. The minimum absolute atomic E-state index is 0.0580.